The molecule has 2 rings (SSSR count). The average molecular weight is 343 g/mol. The molecule has 6 heteroatoms. The van der Waals surface area contributed by atoms with Gasteiger partial charge in [0, 0.05) is 13.1 Å². The highest BCUT2D eigenvalue weighted by atomic mass is 35.5. The van der Waals surface area contributed by atoms with Crippen molar-refractivity contribution < 1.29 is 14.3 Å². The molecule has 130 valence electrons. The minimum atomic E-state index is -0.452. The van der Waals surface area contributed by atoms with Crippen molar-refractivity contribution >= 4 is 18.3 Å². The number of halogens is 1. The second-order valence-corrected chi connectivity index (χ2v) is 6.33. The third kappa shape index (κ3) is 5.09. The van der Waals surface area contributed by atoms with Crippen LogP contribution in [0.5, 0.6) is 5.75 Å². The summed E-state index contributed by atoms with van der Waals surface area (Å²) in [5.41, 5.74) is 6.82. The third-order valence-electron chi connectivity index (χ3n) is 4.34. The Morgan fingerprint density at radius 1 is 1.48 bits per heavy atom. The lowest BCUT2D eigenvalue weighted by molar-refractivity contribution is -0.142. The molecule has 1 aliphatic rings. The largest absolute Gasteiger partial charge is 0.497 e. The molecule has 2 N–H and O–H groups in total. The highest BCUT2D eigenvalue weighted by molar-refractivity contribution is 5.85. The van der Waals surface area contributed by atoms with Crippen molar-refractivity contribution in [2.24, 2.45) is 11.1 Å². The van der Waals surface area contributed by atoms with E-state index < -0.39 is 6.10 Å². The highest BCUT2D eigenvalue weighted by Gasteiger charge is 2.36. The fourth-order valence-electron chi connectivity index (χ4n) is 2.69. The van der Waals surface area contributed by atoms with Gasteiger partial charge in [0.15, 0.2) is 0 Å². The second kappa shape index (κ2) is 8.52. The van der Waals surface area contributed by atoms with Crippen LogP contribution < -0.4 is 10.5 Å². The summed E-state index contributed by atoms with van der Waals surface area (Å²) >= 11 is 0. The van der Waals surface area contributed by atoms with Crippen LogP contribution >= 0.6 is 12.4 Å². The van der Waals surface area contributed by atoms with Crippen molar-refractivity contribution in [3.8, 4) is 5.75 Å². The average Bonchev–Trinajstić information content (AvgIpc) is 2.95. The monoisotopic (exact) mass is 342 g/mol. The van der Waals surface area contributed by atoms with Gasteiger partial charge in [0.1, 0.15) is 11.9 Å². The lowest BCUT2D eigenvalue weighted by atomic mass is 9.90. The number of hydrogen-bond donors (Lipinski definition) is 1. The predicted octanol–water partition coefficient (Wildman–Crippen LogP) is 2.22. The van der Waals surface area contributed by atoms with Gasteiger partial charge in [-0.2, -0.15) is 0 Å². The third-order valence-corrected chi connectivity index (χ3v) is 4.34. The Hall–Kier alpha value is -1.30. The topological polar surface area (TPSA) is 64.8 Å². The van der Waals surface area contributed by atoms with E-state index in [-0.39, 0.29) is 23.7 Å². The first-order valence-corrected chi connectivity index (χ1v) is 7.71. The SMILES string of the molecule is COc1cccc(COC(C)C(=O)N2CCC(C)(CN)C2)c1.Cl. The number of amides is 1. The Morgan fingerprint density at radius 2 is 2.22 bits per heavy atom. The van der Waals surface area contributed by atoms with E-state index in [1.165, 1.54) is 0 Å². The summed E-state index contributed by atoms with van der Waals surface area (Å²) in [6.45, 7) is 6.42. The molecule has 5 nitrogen and oxygen atoms in total. The molecule has 0 bridgehead atoms. The first kappa shape index (κ1) is 19.7. The minimum absolute atomic E-state index is 0. The molecule has 1 saturated heterocycles. The van der Waals surface area contributed by atoms with Crippen LogP contribution in [-0.2, 0) is 16.1 Å². The Labute approximate surface area is 144 Å². The van der Waals surface area contributed by atoms with E-state index in [0.717, 1.165) is 30.8 Å². The zero-order valence-corrected chi connectivity index (χ0v) is 14.9. The molecule has 1 aliphatic heterocycles. The van der Waals surface area contributed by atoms with Crippen LogP contribution in [0.2, 0.25) is 0 Å². The van der Waals surface area contributed by atoms with Gasteiger partial charge in [0.2, 0.25) is 0 Å². The normalized spacial score (nSPS) is 21.7. The van der Waals surface area contributed by atoms with Gasteiger partial charge in [-0.1, -0.05) is 19.1 Å². The van der Waals surface area contributed by atoms with Crippen molar-refractivity contribution in [2.45, 2.75) is 33.0 Å². The molecule has 0 saturated carbocycles. The van der Waals surface area contributed by atoms with Crippen molar-refractivity contribution in [3.63, 3.8) is 0 Å². The molecule has 1 amide bonds. The van der Waals surface area contributed by atoms with E-state index in [1.54, 1.807) is 14.0 Å². The molecule has 0 aromatic heterocycles. The van der Waals surface area contributed by atoms with E-state index in [2.05, 4.69) is 6.92 Å². The van der Waals surface area contributed by atoms with Crippen molar-refractivity contribution in [1.82, 2.24) is 4.90 Å². The van der Waals surface area contributed by atoms with Gasteiger partial charge in [-0.15, -0.1) is 12.4 Å². The number of carbonyl (C=O) groups is 1. The number of methoxy groups -OCH3 is 1. The fourth-order valence-corrected chi connectivity index (χ4v) is 2.69. The number of nitrogens with zero attached hydrogens (tertiary/aromatic N) is 1. The molecule has 0 radical (unpaired) electrons. The Balaban J connectivity index is 0.00000264. The number of rotatable bonds is 6. The van der Waals surface area contributed by atoms with E-state index in [9.17, 15) is 4.79 Å². The van der Waals surface area contributed by atoms with Crippen LogP contribution in [-0.4, -0.2) is 43.7 Å². The molecule has 1 fully saturated rings. The molecule has 0 aliphatic carbocycles. The number of ether oxygens (including phenoxy) is 2. The molecular weight excluding hydrogens is 316 g/mol. The lowest BCUT2D eigenvalue weighted by Gasteiger charge is -2.24. The first-order chi connectivity index (χ1) is 10.5. The second-order valence-electron chi connectivity index (χ2n) is 6.33. The summed E-state index contributed by atoms with van der Waals surface area (Å²) in [6.07, 6.45) is 0.504. The summed E-state index contributed by atoms with van der Waals surface area (Å²) in [6, 6.07) is 7.67. The van der Waals surface area contributed by atoms with Crippen molar-refractivity contribution in [1.29, 1.82) is 0 Å². The van der Waals surface area contributed by atoms with E-state index in [4.69, 9.17) is 15.2 Å². The maximum absolute atomic E-state index is 12.4. The molecule has 1 aromatic rings. The standard InChI is InChI=1S/C17H26N2O3.ClH/c1-13(16(20)19-8-7-17(2,11-18)12-19)22-10-14-5-4-6-15(9-14)21-3;/h4-6,9,13H,7-8,10-12,18H2,1-3H3;1H. The zero-order chi connectivity index (χ0) is 16.2. The molecule has 23 heavy (non-hydrogen) atoms. The van der Waals surface area contributed by atoms with Gasteiger partial charge in [-0.25, -0.2) is 0 Å². The lowest BCUT2D eigenvalue weighted by Crippen LogP contribution is -2.40. The summed E-state index contributed by atoms with van der Waals surface area (Å²) < 4.78 is 10.9. The quantitative estimate of drug-likeness (QED) is 0.861. The van der Waals surface area contributed by atoms with Crippen molar-refractivity contribution in [3.05, 3.63) is 29.8 Å². The van der Waals surface area contributed by atoms with Crippen LogP contribution in [0.25, 0.3) is 0 Å². The number of carbonyl (C=O) groups excluding carboxylic acids is 1. The summed E-state index contributed by atoms with van der Waals surface area (Å²) in [5, 5.41) is 0. The maximum atomic E-state index is 12.4. The van der Waals surface area contributed by atoms with Gasteiger partial charge in [-0.05, 0) is 43.0 Å². The molecule has 2 unspecified atom stereocenters. The van der Waals surface area contributed by atoms with Crippen LogP contribution in [0.4, 0.5) is 0 Å². The molecular formula is C17H27ClN2O3. The van der Waals surface area contributed by atoms with Gasteiger partial charge >= 0.3 is 0 Å². The molecule has 0 spiro atoms. The summed E-state index contributed by atoms with van der Waals surface area (Å²) in [5.74, 6) is 0.832. The number of likely N-dealkylation sites (tertiary alicyclic amines) is 1. The number of hydrogen-bond acceptors (Lipinski definition) is 4. The summed E-state index contributed by atoms with van der Waals surface area (Å²) in [7, 11) is 1.63. The zero-order valence-electron chi connectivity index (χ0n) is 14.1. The molecule has 2 atom stereocenters. The van der Waals surface area contributed by atoms with E-state index in [1.807, 2.05) is 29.2 Å². The smallest absolute Gasteiger partial charge is 0.251 e. The van der Waals surface area contributed by atoms with Crippen LogP contribution in [0, 0.1) is 5.41 Å². The number of benzene rings is 1. The van der Waals surface area contributed by atoms with Gasteiger partial charge in [0.05, 0.1) is 13.7 Å². The number of nitrogens with two attached hydrogens (primary N) is 1. The predicted molar refractivity (Wildman–Crippen MR) is 92.9 cm³/mol. The minimum Gasteiger partial charge on any atom is -0.497 e. The highest BCUT2D eigenvalue weighted by Crippen LogP contribution is 2.29. The van der Waals surface area contributed by atoms with Crippen LogP contribution in [0.1, 0.15) is 25.8 Å². The fraction of sp³-hybridized carbons (Fsp3) is 0.588. The van der Waals surface area contributed by atoms with E-state index >= 15 is 0 Å². The molecule has 1 aromatic carbocycles. The Morgan fingerprint density at radius 3 is 2.83 bits per heavy atom. The maximum Gasteiger partial charge on any atom is 0.251 e. The first-order valence-electron chi connectivity index (χ1n) is 7.71. The Kier molecular flexibility index (Phi) is 7.32. The van der Waals surface area contributed by atoms with E-state index in [0.29, 0.717) is 13.2 Å². The van der Waals surface area contributed by atoms with Crippen LogP contribution in [0.15, 0.2) is 24.3 Å². The van der Waals surface area contributed by atoms with Gasteiger partial charge in [-0.3, -0.25) is 4.79 Å². The van der Waals surface area contributed by atoms with Crippen molar-refractivity contribution in [2.75, 3.05) is 26.7 Å². The van der Waals surface area contributed by atoms with Gasteiger partial charge < -0.3 is 20.1 Å². The van der Waals surface area contributed by atoms with Crippen LogP contribution in [0.3, 0.4) is 0 Å². The Bertz CT molecular complexity index is 526. The summed E-state index contributed by atoms with van der Waals surface area (Å²) in [4.78, 5) is 14.3. The van der Waals surface area contributed by atoms with Gasteiger partial charge in [0.25, 0.3) is 5.91 Å². The molecule has 1 heterocycles.